The van der Waals surface area contributed by atoms with Gasteiger partial charge in [-0.1, -0.05) is 6.08 Å². The van der Waals surface area contributed by atoms with Crippen LogP contribution in [-0.2, 0) is 18.4 Å². The minimum Gasteiger partial charge on any atom is -0.480 e. The summed E-state index contributed by atoms with van der Waals surface area (Å²) in [5, 5.41) is 11.9. The highest BCUT2D eigenvalue weighted by molar-refractivity contribution is 7.57. The van der Waals surface area contributed by atoms with Gasteiger partial charge in [-0.25, -0.2) is 0 Å². The Morgan fingerprint density at radius 3 is 2.65 bits per heavy atom. The predicted octanol–water partition coefficient (Wildman–Crippen LogP) is 1.12. The molecular formula is C12H23N2O5P. The third-order valence-electron chi connectivity index (χ3n) is 2.83. The van der Waals surface area contributed by atoms with Crippen LogP contribution in [0.5, 0.6) is 0 Å². The lowest BCUT2D eigenvalue weighted by molar-refractivity contribution is -0.140. The molecule has 20 heavy (non-hydrogen) atoms. The number of carbonyl (C=O) groups is 1. The van der Waals surface area contributed by atoms with Crippen molar-refractivity contribution < 1.29 is 23.5 Å². The number of hydrogen-bond acceptors (Lipinski definition) is 6. The molecule has 0 radical (unpaired) electrons. The molecule has 1 unspecified atom stereocenters. The molecule has 0 saturated carbocycles. The minimum absolute atomic E-state index is 0.316. The fourth-order valence-corrected chi connectivity index (χ4v) is 3.27. The van der Waals surface area contributed by atoms with E-state index >= 15 is 0 Å². The zero-order chi connectivity index (χ0) is 15.0. The van der Waals surface area contributed by atoms with Gasteiger partial charge in [0.25, 0.3) is 0 Å². The molecule has 0 aromatic carbocycles. The molecule has 1 saturated heterocycles. The van der Waals surface area contributed by atoms with E-state index in [1.165, 1.54) is 5.82 Å². The quantitative estimate of drug-likeness (QED) is 0.650. The molecule has 7 nitrogen and oxygen atoms in total. The first kappa shape index (κ1) is 17.3. The fourth-order valence-electron chi connectivity index (χ4n) is 1.95. The SMILES string of the molecule is CCOP(=O)(C=CCN1CCNC(C(=O)O)C1)OCC. The molecule has 1 aliphatic heterocycles. The highest BCUT2D eigenvalue weighted by Crippen LogP contribution is 2.49. The van der Waals surface area contributed by atoms with Crippen molar-refractivity contribution in [1.82, 2.24) is 10.2 Å². The van der Waals surface area contributed by atoms with Gasteiger partial charge in [0.15, 0.2) is 0 Å². The van der Waals surface area contributed by atoms with E-state index in [0.29, 0.717) is 32.8 Å². The first-order valence-electron chi connectivity index (χ1n) is 6.75. The Balaban J connectivity index is 2.50. The van der Waals surface area contributed by atoms with Crippen LogP contribution in [0, 0.1) is 0 Å². The largest absolute Gasteiger partial charge is 0.480 e. The Labute approximate surface area is 119 Å². The molecule has 1 fully saturated rings. The Morgan fingerprint density at radius 2 is 2.10 bits per heavy atom. The summed E-state index contributed by atoms with van der Waals surface area (Å²) in [6.07, 6.45) is 1.72. The van der Waals surface area contributed by atoms with Crippen LogP contribution in [0.4, 0.5) is 0 Å². The van der Waals surface area contributed by atoms with E-state index in [9.17, 15) is 9.36 Å². The Hall–Kier alpha value is -0.720. The summed E-state index contributed by atoms with van der Waals surface area (Å²) in [5.74, 6) is 0.602. The van der Waals surface area contributed by atoms with Gasteiger partial charge in [0.05, 0.1) is 13.2 Å². The highest BCUT2D eigenvalue weighted by atomic mass is 31.2. The third-order valence-corrected chi connectivity index (χ3v) is 4.64. The van der Waals surface area contributed by atoms with Crippen molar-refractivity contribution in [2.24, 2.45) is 0 Å². The van der Waals surface area contributed by atoms with E-state index in [1.54, 1.807) is 19.9 Å². The molecule has 0 aromatic rings. The van der Waals surface area contributed by atoms with Crippen LogP contribution < -0.4 is 5.32 Å². The number of piperazine rings is 1. The zero-order valence-electron chi connectivity index (χ0n) is 11.9. The van der Waals surface area contributed by atoms with Crippen molar-refractivity contribution in [1.29, 1.82) is 0 Å². The summed E-state index contributed by atoms with van der Waals surface area (Å²) >= 11 is 0. The van der Waals surface area contributed by atoms with Gasteiger partial charge in [0.2, 0.25) is 0 Å². The van der Waals surface area contributed by atoms with Crippen LogP contribution in [0.15, 0.2) is 11.9 Å². The van der Waals surface area contributed by atoms with Crippen molar-refractivity contribution in [3.8, 4) is 0 Å². The molecule has 8 heteroatoms. The molecule has 116 valence electrons. The molecular weight excluding hydrogens is 283 g/mol. The van der Waals surface area contributed by atoms with Crippen molar-refractivity contribution in [2.75, 3.05) is 39.4 Å². The Morgan fingerprint density at radius 1 is 1.45 bits per heavy atom. The van der Waals surface area contributed by atoms with E-state index < -0.39 is 19.6 Å². The first-order chi connectivity index (χ1) is 9.50. The molecule has 0 aromatic heterocycles. The van der Waals surface area contributed by atoms with E-state index in [4.69, 9.17) is 14.2 Å². The maximum atomic E-state index is 12.2. The molecule has 0 aliphatic carbocycles. The van der Waals surface area contributed by atoms with Gasteiger partial charge in [-0.3, -0.25) is 14.3 Å². The standard InChI is InChI=1S/C12H23N2O5P/c1-3-18-20(17,19-4-2)9-5-7-14-8-6-13-11(10-14)12(15)16/h5,9,11,13H,3-4,6-8,10H2,1-2H3,(H,15,16). The lowest BCUT2D eigenvalue weighted by atomic mass is 10.2. The van der Waals surface area contributed by atoms with Crippen LogP contribution in [0.1, 0.15) is 13.8 Å². The maximum Gasteiger partial charge on any atom is 0.353 e. The van der Waals surface area contributed by atoms with Gasteiger partial charge in [0.1, 0.15) is 6.04 Å². The Kier molecular flexibility index (Phi) is 7.40. The Bertz CT molecular complexity index is 378. The van der Waals surface area contributed by atoms with Crippen LogP contribution in [0.25, 0.3) is 0 Å². The minimum atomic E-state index is -3.16. The topological polar surface area (TPSA) is 88.1 Å². The lowest BCUT2D eigenvalue weighted by Crippen LogP contribution is -2.54. The fraction of sp³-hybridized carbons (Fsp3) is 0.750. The van der Waals surface area contributed by atoms with Crippen molar-refractivity contribution in [3.63, 3.8) is 0 Å². The van der Waals surface area contributed by atoms with E-state index in [1.807, 2.05) is 4.90 Å². The average Bonchev–Trinajstić information content (AvgIpc) is 2.39. The van der Waals surface area contributed by atoms with Crippen molar-refractivity contribution in [2.45, 2.75) is 19.9 Å². The van der Waals surface area contributed by atoms with Crippen LogP contribution >= 0.6 is 7.60 Å². The van der Waals surface area contributed by atoms with Crippen LogP contribution in [0.2, 0.25) is 0 Å². The second-order valence-electron chi connectivity index (χ2n) is 4.36. The number of carboxylic acids is 1. The van der Waals surface area contributed by atoms with Crippen LogP contribution in [0.3, 0.4) is 0 Å². The maximum absolute atomic E-state index is 12.2. The van der Waals surface area contributed by atoms with Gasteiger partial charge >= 0.3 is 13.6 Å². The normalized spacial score (nSPS) is 21.4. The molecule has 2 N–H and O–H groups in total. The van der Waals surface area contributed by atoms with E-state index in [0.717, 1.165) is 6.54 Å². The summed E-state index contributed by atoms with van der Waals surface area (Å²) < 4.78 is 22.5. The van der Waals surface area contributed by atoms with Gasteiger partial charge in [-0.05, 0) is 13.8 Å². The smallest absolute Gasteiger partial charge is 0.353 e. The number of nitrogens with one attached hydrogen (secondary N) is 1. The molecule has 1 heterocycles. The van der Waals surface area contributed by atoms with Crippen LogP contribution in [-0.4, -0.2) is 61.4 Å². The first-order valence-corrected chi connectivity index (χ1v) is 8.37. The van der Waals surface area contributed by atoms with Crippen molar-refractivity contribution >= 4 is 13.6 Å². The van der Waals surface area contributed by atoms with E-state index in [2.05, 4.69) is 5.32 Å². The highest BCUT2D eigenvalue weighted by Gasteiger charge is 2.24. The van der Waals surface area contributed by atoms with Gasteiger partial charge in [-0.15, -0.1) is 0 Å². The summed E-state index contributed by atoms with van der Waals surface area (Å²) in [6, 6.07) is -0.553. The monoisotopic (exact) mass is 306 g/mol. The molecule has 1 rings (SSSR count). The van der Waals surface area contributed by atoms with Gasteiger partial charge in [0, 0.05) is 32.0 Å². The molecule has 1 aliphatic rings. The molecule has 0 amide bonds. The van der Waals surface area contributed by atoms with E-state index in [-0.39, 0.29) is 0 Å². The lowest BCUT2D eigenvalue weighted by Gasteiger charge is -2.30. The summed E-state index contributed by atoms with van der Waals surface area (Å²) in [4.78, 5) is 12.9. The second kappa shape index (κ2) is 8.54. The van der Waals surface area contributed by atoms with Crippen molar-refractivity contribution in [3.05, 3.63) is 11.9 Å². The summed E-state index contributed by atoms with van der Waals surface area (Å²) in [6.45, 7) is 6.47. The van der Waals surface area contributed by atoms with Gasteiger partial charge in [-0.2, -0.15) is 0 Å². The molecule has 0 spiro atoms. The second-order valence-corrected chi connectivity index (χ2v) is 6.26. The summed E-state index contributed by atoms with van der Waals surface area (Å²) in [7, 11) is -3.16. The zero-order valence-corrected chi connectivity index (χ0v) is 12.8. The average molecular weight is 306 g/mol. The number of aliphatic carboxylic acids is 1. The number of hydrogen-bond donors (Lipinski definition) is 2. The molecule has 1 atom stereocenters. The molecule has 0 bridgehead atoms. The number of carboxylic acid groups (broad SMARTS) is 1. The van der Waals surface area contributed by atoms with Gasteiger partial charge < -0.3 is 19.5 Å². The third kappa shape index (κ3) is 5.73. The summed E-state index contributed by atoms with van der Waals surface area (Å²) in [5.41, 5.74) is 0. The predicted molar refractivity (Wildman–Crippen MR) is 75.9 cm³/mol. The number of nitrogens with zero attached hydrogens (tertiary/aromatic N) is 1. The number of rotatable bonds is 8.